The zero-order chi connectivity index (χ0) is 27.2. The minimum atomic E-state index is -0.841. The van der Waals surface area contributed by atoms with E-state index in [1.54, 1.807) is 0 Å². The summed E-state index contributed by atoms with van der Waals surface area (Å²) in [5, 5.41) is 12.1. The number of aliphatic carboxylic acids is 1. The van der Waals surface area contributed by atoms with E-state index < -0.39 is 11.9 Å². The van der Waals surface area contributed by atoms with Crippen molar-refractivity contribution in [3.05, 3.63) is 93.5 Å². The second-order valence-corrected chi connectivity index (χ2v) is 10.9. The number of hydrogen-bond acceptors (Lipinski definition) is 5. The summed E-state index contributed by atoms with van der Waals surface area (Å²) in [6, 6.07) is 21.6. The summed E-state index contributed by atoms with van der Waals surface area (Å²) in [4.78, 5) is 33.8. The van der Waals surface area contributed by atoms with Crippen molar-refractivity contribution >= 4 is 44.9 Å². The smallest absolute Gasteiger partial charge is 0.303 e. The van der Waals surface area contributed by atoms with E-state index in [1.165, 1.54) is 5.56 Å². The summed E-state index contributed by atoms with van der Waals surface area (Å²) in [5.74, 6) is -1.55. The number of benzene rings is 3. The lowest BCUT2D eigenvalue weighted by Gasteiger charge is -2.19. The van der Waals surface area contributed by atoms with Crippen LogP contribution >= 0.6 is 15.9 Å². The number of nitrogens with zero attached hydrogens (tertiary/aromatic N) is 3. The molecule has 0 radical (unpaired) electrons. The predicted octanol–water partition coefficient (Wildman–Crippen LogP) is 5.32. The van der Waals surface area contributed by atoms with Gasteiger partial charge in [-0.25, -0.2) is 0 Å². The van der Waals surface area contributed by atoms with Crippen LogP contribution in [0, 0.1) is 0 Å². The average Bonchev–Trinajstić information content (AvgIpc) is 3.20. The van der Waals surface area contributed by atoms with Gasteiger partial charge in [-0.05, 0) is 80.1 Å². The molecule has 8 heteroatoms. The molecule has 3 aromatic rings. The molecule has 0 bridgehead atoms. The summed E-state index contributed by atoms with van der Waals surface area (Å²) in [5.41, 5.74) is 5.91. The Morgan fingerprint density at radius 2 is 1.76 bits per heavy atom. The molecular formula is C30H33BrN4O3. The van der Waals surface area contributed by atoms with Gasteiger partial charge in [0.2, 0.25) is 5.91 Å². The zero-order valence-electron chi connectivity index (χ0n) is 21.9. The molecular weight excluding hydrogens is 544 g/mol. The highest BCUT2D eigenvalue weighted by Gasteiger charge is 2.35. The molecule has 1 amide bonds. The van der Waals surface area contributed by atoms with Gasteiger partial charge in [-0.3, -0.25) is 14.6 Å². The topological polar surface area (TPSA) is 85.2 Å². The molecule has 0 spiro atoms. The lowest BCUT2D eigenvalue weighted by atomic mass is 9.89. The predicted molar refractivity (Wildman–Crippen MR) is 155 cm³/mol. The van der Waals surface area contributed by atoms with Gasteiger partial charge in [-0.1, -0.05) is 52.3 Å². The number of halogens is 1. The maximum Gasteiger partial charge on any atom is 0.303 e. The van der Waals surface area contributed by atoms with Crippen molar-refractivity contribution in [3.63, 3.8) is 0 Å². The molecule has 1 aliphatic heterocycles. The number of amides is 1. The van der Waals surface area contributed by atoms with Crippen LogP contribution in [0.15, 0.2) is 76.2 Å². The molecule has 0 saturated carbocycles. The van der Waals surface area contributed by atoms with Gasteiger partial charge in [-0.2, -0.15) is 0 Å². The van der Waals surface area contributed by atoms with Crippen LogP contribution in [0.4, 0.5) is 11.4 Å². The van der Waals surface area contributed by atoms with Crippen LogP contribution in [0.25, 0.3) is 0 Å². The molecule has 0 aromatic heterocycles. The zero-order valence-corrected chi connectivity index (χ0v) is 23.5. The first-order chi connectivity index (χ1) is 18.2. The van der Waals surface area contributed by atoms with Gasteiger partial charge in [0, 0.05) is 36.2 Å². The maximum absolute atomic E-state index is 13.2. The molecule has 0 fully saturated rings. The Morgan fingerprint density at radius 3 is 2.47 bits per heavy atom. The Bertz CT molecular complexity index is 1340. The van der Waals surface area contributed by atoms with E-state index in [2.05, 4.69) is 64.3 Å². The highest BCUT2D eigenvalue weighted by Crippen LogP contribution is 2.38. The number of carboxylic acid groups (broad SMARTS) is 1. The van der Waals surface area contributed by atoms with Gasteiger partial charge in [0.1, 0.15) is 5.92 Å². The van der Waals surface area contributed by atoms with Crippen LogP contribution in [0.1, 0.15) is 34.6 Å². The lowest BCUT2D eigenvalue weighted by molar-refractivity contribution is -0.137. The monoisotopic (exact) mass is 576 g/mol. The van der Waals surface area contributed by atoms with Crippen LogP contribution in [-0.2, 0) is 22.6 Å². The van der Waals surface area contributed by atoms with E-state index in [0.717, 1.165) is 52.2 Å². The van der Waals surface area contributed by atoms with Crippen LogP contribution in [0.3, 0.4) is 0 Å². The Labute approximate surface area is 232 Å². The summed E-state index contributed by atoms with van der Waals surface area (Å²) in [6.07, 6.45) is 0.452. The lowest BCUT2D eigenvalue weighted by Crippen LogP contribution is -2.28. The van der Waals surface area contributed by atoms with Gasteiger partial charge in [0.05, 0.1) is 11.4 Å². The fourth-order valence-electron chi connectivity index (χ4n) is 4.52. The Kier molecular flexibility index (Phi) is 9.09. The normalized spacial score (nSPS) is 15.2. The second-order valence-electron chi connectivity index (χ2n) is 9.95. The quantitative estimate of drug-likeness (QED) is 0.302. The van der Waals surface area contributed by atoms with Crippen molar-refractivity contribution in [2.24, 2.45) is 4.99 Å². The molecule has 3 aromatic carbocycles. The standard InChI is InChI=1S/C30H33BrN4O3/c1-34(2)15-16-35(3)19-21-7-11-24(12-8-21)32-29(22-6-4-5-20(17-22)9-14-27(36)37)28-25-13-10-23(31)18-26(25)33-30(28)38/h4-8,10-13,17-18,28H,9,14-16,19H2,1-3H3,(H,33,38)(H,36,37). The van der Waals surface area contributed by atoms with Crippen molar-refractivity contribution in [2.75, 3.05) is 39.5 Å². The van der Waals surface area contributed by atoms with Gasteiger partial charge >= 0.3 is 5.97 Å². The SMILES string of the molecule is CN(C)CCN(C)Cc1ccc(N=C(c2cccc(CCC(=O)O)c2)C2C(=O)Nc3cc(Br)ccc32)cc1. The summed E-state index contributed by atoms with van der Waals surface area (Å²) < 4.78 is 0.887. The third-order valence-corrected chi connectivity index (χ3v) is 7.03. The molecule has 1 atom stereocenters. The number of hydrogen-bond donors (Lipinski definition) is 2. The van der Waals surface area contributed by atoms with Crippen LogP contribution < -0.4 is 5.32 Å². The maximum atomic E-state index is 13.2. The minimum Gasteiger partial charge on any atom is -0.481 e. The number of aliphatic imine (C=N–C) groups is 1. The largest absolute Gasteiger partial charge is 0.481 e. The fraction of sp³-hybridized carbons (Fsp3) is 0.300. The van der Waals surface area contributed by atoms with Crippen LogP contribution in [0.5, 0.6) is 0 Å². The number of rotatable bonds is 11. The minimum absolute atomic E-state index is 0.0428. The molecule has 0 aliphatic carbocycles. The molecule has 0 saturated heterocycles. The Balaban J connectivity index is 1.68. The summed E-state index contributed by atoms with van der Waals surface area (Å²) in [7, 11) is 6.25. The third-order valence-electron chi connectivity index (χ3n) is 6.54. The molecule has 1 aliphatic rings. The average molecular weight is 578 g/mol. The van der Waals surface area contributed by atoms with E-state index in [0.29, 0.717) is 12.1 Å². The van der Waals surface area contributed by atoms with Gasteiger partial charge < -0.3 is 20.2 Å². The molecule has 4 rings (SSSR count). The van der Waals surface area contributed by atoms with E-state index in [1.807, 2.05) is 54.6 Å². The fourth-order valence-corrected chi connectivity index (χ4v) is 4.88. The van der Waals surface area contributed by atoms with E-state index in [4.69, 9.17) is 10.1 Å². The third kappa shape index (κ3) is 7.16. The summed E-state index contributed by atoms with van der Waals surface area (Å²) in [6.45, 7) is 2.81. The number of fused-ring (bicyclic) bond motifs is 1. The van der Waals surface area contributed by atoms with Crippen LogP contribution in [-0.4, -0.2) is 66.7 Å². The number of nitrogens with one attached hydrogen (secondary N) is 1. The first kappa shape index (κ1) is 27.7. The van der Waals surface area contributed by atoms with Gasteiger partial charge in [0.15, 0.2) is 0 Å². The van der Waals surface area contributed by atoms with Crippen molar-refractivity contribution in [3.8, 4) is 0 Å². The van der Waals surface area contributed by atoms with E-state index >= 15 is 0 Å². The van der Waals surface area contributed by atoms with Crippen molar-refractivity contribution < 1.29 is 14.7 Å². The molecule has 38 heavy (non-hydrogen) atoms. The van der Waals surface area contributed by atoms with E-state index in [-0.39, 0.29) is 12.3 Å². The molecule has 1 heterocycles. The Hall–Kier alpha value is -3.33. The van der Waals surface area contributed by atoms with Gasteiger partial charge in [-0.15, -0.1) is 0 Å². The van der Waals surface area contributed by atoms with Gasteiger partial charge in [0.25, 0.3) is 0 Å². The molecule has 2 N–H and O–H groups in total. The highest BCUT2D eigenvalue weighted by atomic mass is 79.9. The first-order valence-electron chi connectivity index (χ1n) is 12.6. The number of likely N-dealkylation sites (N-methyl/N-ethyl adjacent to an activating group) is 2. The van der Waals surface area contributed by atoms with Crippen molar-refractivity contribution in [2.45, 2.75) is 25.3 Å². The number of carbonyl (C=O) groups excluding carboxylic acids is 1. The highest BCUT2D eigenvalue weighted by molar-refractivity contribution is 9.10. The molecule has 198 valence electrons. The summed E-state index contributed by atoms with van der Waals surface area (Å²) >= 11 is 3.48. The number of aryl methyl sites for hydroxylation is 1. The second kappa shape index (κ2) is 12.5. The van der Waals surface area contributed by atoms with E-state index in [9.17, 15) is 9.59 Å². The molecule has 7 nitrogen and oxygen atoms in total. The van der Waals surface area contributed by atoms with Crippen molar-refractivity contribution in [1.82, 2.24) is 9.80 Å². The number of carboxylic acids is 1. The number of anilines is 1. The van der Waals surface area contributed by atoms with Crippen LogP contribution in [0.2, 0.25) is 0 Å². The number of carbonyl (C=O) groups is 2. The Morgan fingerprint density at radius 1 is 1.00 bits per heavy atom. The molecule has 1 unspecified atom stereocenters. The van der Waals surface area contributed by atoms with Crippen molar-refractivity contribution in [1.29, 1.82) is 0 Å². The first-order valence-corrected chi connectivity index (χ1v) is 13.4.